The lowest BCUT2D eigenvalue weighted by atomic mass is 9.89. The molecule has 0 radical (unpaired) electrons. The second-order valence-corrected chi connectivity index (χ2v) is 9.30. The van der Waals surface area contributed by atoms with Crippen LogP contribution in [0.4, 0.5) is 24.8 Å². The Kier molecular flexibility index (Phi) is 5.90. The standard InChI is InChI=1S/C21H26F3N11O/c1-20(36)7-33(4-3-13(20)35-12-31-14-16(25)26-9-29-19(14)35)6-5-32(2)17-15-18(28-10-27-17)34(11-30-15)8-21(22,23)24/h9-13,36H,3-8H2,1-2H3,(H2,25,26,29)/t13-,20-/m0/s1. The van der Waals surface area contributed by atoms with Crippen molar-refractivity contribution < 1.29 is 18.3 Å². The van der Waals surface area contributed by atoms with Crippen LogP contribution in [0.1, 0.15) is 19.4 Å². The second kappa shape index (κ2) is 8.81. The van der Waals surface area contributed by atoms with E-state index in [1.165, 1.54) is 12.7 Å². The van der Waals surface area contributed by atoms with Crippen LogP contribution in [0, 0.1) is 0 Å². The molecule has 1 fully saturated rings. The molecular formula is C21H26F3N11O. The number of β-amino-alcohol motifs (C(OH)–C–C–N with tert-alkyl or cyclic N) is 1. The smallest absolute Gasteiger partial charge is 0.387 e. The summed E-state index contributed by atoms with van der Waals surface area (Å²) in [7, 11) is 1.80. The van der Waals surface area contributed by atoms with E-state index in [9.17, 15) is 18.3 Å². The third-order valence-electron chi connectivity index (χ3n) is 6.55. The molecule has 0 unspecified atom stereocenters. The van der Waals surface area contributed by atoms with Crippen LogP contribution in [-0.4, -0.2) is 94.0 Å². The molecule has 3 N–H and O–H groups in total. The number of aromatic nitrogens is 8. The summed E-state index contributed by atoms with van der Waals surface area (Å²) in [5.74, 6) is 0.741. The van der Waals surface area contributed by atoms with Gasteiger partial charge in [-0.25, -0.2) is 29.9 Å². The minimum absolute atomic E-state index is 0.130. The number of halogens is 3. The van der Waals surface area contributed by atoms with Gasteiger partial charge in [-0.3, -0.25) is 4.90 Å². The predicted octanol–water partition coefficient (Wildman–Crippen LogP) is 1.24. The third-order valence-corrected chi connectivity index (χ3v) is 6.55. The van der Waals surface area contributed by atoms with Crippen molar-refractivity contribution in [3.8, 4) is 0 Å². The van der Waals surface area contributed by atoms with Gasteiger partial charge in [0.1, 0.15) is 24.7 Å². The van der Waals surface area contributed by atoms with Gasteiger partial charge in [-0.1, -0.05) is 0 Å². The van der Waals surface area contributed by atoms with Crippen LogP contribution in [-0.2, 0) is 6.54 Å². The van der Waals surface area contributed by atoms with Crippen molar-refractivity contribution >= 4 is 34.0 Å². The third kappa shape index (κ3) is 4.51. The monoisotopic (exact) mass is 505 g/mol. The van der Waals surface area contributed by atoms with Gasteiger partial charge in [0, 0.05) is 33.2 Å². The minimum atomic E-state index is -4.38. The number of likely N-dealkylation sites (N-methyl/N-ethyl adjacent to an activating group) is 1. The fourth-order valence-corrected chi connectivity index (χ4v) is 4.83. The molecule has 1 aliphatic heterocycles. The molecule has 5 heterocycles. The van der Waals surface area contributed by atoms with Crippen LogP contribution < -0.4 is 10.6 Å². The number of imidazole rings is 2. The lowest BCUT2D eigenvalue weighted by Gasteiger charge is -2.43. The van der Waals surface area contributed by atoms with Gasteiger partial charge in [0.2, 0.25) is 0 Å². The molecule has 0 aliphatic carbocycles. The Morgan fingerprint density at radius 2 is 1.81 bits per heavy atom. The average molecular weight is 506 g/mol. The summed E-state index contributed by atoms with van der Waals surface area (Å²) in [6, 6.07) is -0.245. The van der Waals surface area contributed by atoms with E-state index in [-0.39, 0.29) is 11.7 Å². The zero-order chi connectivity index (χ0) is 25.7. The fraction of sp³-hybridized carbons (Fsp3) is 0.524. The number of rotatable bonds is 6. The quantitative estimate of drug-likeness (QED) is 0.393. The van der Waals surface area contributed by atoms with Gasteiger partial charge in [0.15, 0.2) is 28.4 Å². The van der Waals surface area contributed by atoms with Gasteiger partial charge in [0.25, 0.3) is 0 Å². The molecule has 36 heavy (non-hydrogen) atoms. The lowest BCUT2D eigenvalue weighted by Crippen LogP contribution is -2.53. The van der Waals surface area contributed by atoms with Crippen molar-refractivity contribution in [3.05, 3.63) is 25.3 Å². The van der Waals surface area contributed by atoms with E-state index in [1.807, 2.05) is 9.47 Å². The number of anilines is 2. The highest BCUT2D eigenvalue weighted by molar-refractivity contribution is 5.83. The number of nitrogens with zero attached hydrogens (tertiary/aromatic N) is 10. The number of alkyl halides is 3. The molecule has 0 spiro atoms. The largest absolute Gasteiger partial charge is 0.406 e. The van der Waals surface area contributed by atoms with Crippen molar-refractivity contribution in [1.82, 2.24) is 43.9 Å². The Hall–Kier alpha value is -3.59. The van der Waals surface area contributed by atoms with E-state index < -0.39 is 18.3 Å². The molecule has 12 nitrogen and oxygen atoms in total. The van der Waals surface area contributed by atoms with Gasteiger partial charge in [0.05, 0.1) is 24.3 Å². The Morgan fingerprint density at radius 3 is 2.56 bits per heavy atom. The molecule has 5 rings (SSSR count). The first-order valence-electron chi connectivity index (χ1n) is 11.3. The summed E-state index contributed by atoms with van der Waals surface area (Å²) in [6.45, 7) is 2.87. The number of likely N-dealkylation sites (tertiary alicyclic amines) is 1. The van der Waals surface area contributed by atoms with Crippen LogP contribution >= 0.6 is 0 Å². The van der Waals surface area contributed by atoms with Crippen LogP contribution in [0.15, 0.2) is 25.3 Å². The van der Waals surface area contributed by atoms with Crippen LogP contribution in [0.3, 0.4) is 0 Å². The molecule has 0 aromatic carbocycles. The first-order valence-corrected chi connectivity index (χ1v) is 11.3. The van der Waals surface area contributed by atoms with E-state index in [0.29, 0.717) is 60.9 Å². The SMILES string of the molecule is CN(CCN1CC[C@H](n2cnc3c(N)ncnc32)[C@@](C)(O)C1)c1ncnc2c1ncn2CC(F)(F)F. The molecule has 0 bridgehead atoms. The van der Waals surface area contributed by atoms with E-state index in [4.69, 9.17) is 5.73 Å². The number of piperidine rings is 1. The second-order valence-electron chi connectivity index (χ2n) is 9.30. The molecule has 4 aromatic rings. The Labute approximate surface area is 203 Å². The van der Waals surface area contributed by atoms with Gasteiger partial charge in [-0.15, -0.1) is 0 Å². The lowest BCUT2D eigenvalue weighted by molar-refractivity contribution is -0.140. The summed E-state index contributed by atoms with van der Waals surface area (Å²) in [4.78, 5) is 28.9. The molecule has 15 heteroatoms. The van der Waals surface area contributed by atoms with E-state index in [2.05, 4.69) is 34.8 Å². The molecule has 2 atom stereocenters. The zero-order valence-electron chi connectivity index (χ0n) is 19.8. The number of hydrogen-bond donors (Lipinski definition) is 2. The van der Waals surface area contributed by atoms with Crippen molar-refractivity contribution in [3.63, 3.8) is 0 Å². The van der Waals surface area contributed by atoms with Crippen LogP contribution in [0.2, 0.25) is 0 Å². The molecule has 1 saturated heterocycles. The van der Waals surface area contributed by atoms with Crippen molar-refractivity contribution in [1.29, 1.82) is 0 Å². The molecule has 192 valence electrons. The van der Waals surface area contributed by atoms with Crippen LogP contribution in [0.25, 0.3) is 22.3 Å². The highest BCUT2D eigenvalue weighted by Crippen LogP contribution is 2.34. The number of hydrogen-bond acceptors (Lipinski definition) is 10. The number of aliphatic hydroxyl groups is 1. The first-order chi connectivity index (χ1) is 17.0. The number of fused-ring (bicyclic) bond motifs is 2. The van der Waals surface area contributed by atoms with Gasteiger partial charge < -0.3 is 24.9 Å². The zero-order valence-corrected chi connectivity index (χ0v) is 19.8. The number of nitrogen functional groups attached to an aromatic ring is 1. The van der Waals surface area contributed by atoms with Gasteiger partial charge in [-0.05, 0) is 13.3 Å². The van der Waals surface area contributed by atoms with Gasteiger partial charge >= 0.3 is 6.18 Å². The Bertz CT molecular complexity index is 1380. The maximum atomic E-state index is 12.9. The molecule has 1 aliphatic rings. The van der Waals surface area contributed by atoms with Crippen molar-refractivity contribution in [2.75, 3.05) is 43.9 Å². The van der Waals surface area contributed by atoms with E-state index in [1.54, 1.807) is 20.3 Å². The molecule has 4 aromatic heterocycles. The summed E-state index contributed by atoms with van der Waals surface area (Å²) in [5, 5.41) is 11.3. The van der Waals surface area contributed by atoms with Crippen molar-refractivity contribution in [2.45, 2.75) is 37.7 Å². The highest BCUT2D eigenvalue weighted by atomic mass is 19.4. The number of nitrogens with two attached hydrogens (primary N) is 1. The molecular weight excluding hydrogens is 479 g/mol. The summed E-state index contributed by atoms with van der Waals surface area (Å²) in [5.41, 5.74) is 6.36. The van der Waals surface area contributed by atoms with Crippen molar-refractivity contribution in [2.24, 2.45) is 0 Å². The van der Waals surface area contributed by atoms with Crippen LogP contribution in [0.5, 0.6) is 0 Å². The Morgan fingerprint density at radius 1 is 1.08 bits per heavy atom. The maximum absolute atomic E-state index is 12.9. The average Bonchev–Trinajstić information content (AvgIpc) is 3.41. The Balaban J connectivity index is 1.26. The minimum Gasteiger partial charge on any atom is -0.387 e. The van der Waals surface area contributed by atoms with Gasteiger partial charge in [-0.2, -0.15) is 13.2 Å². The summed E-state index contributed by atoms with van der Waals surface area (Å²) in [6.07, 6.45) is 1.67. The maximum Gasteiger partial charge on any atom is 0.406 e. The topological polar surface area (TPSA) is 140 Å². The first kappa shape index (κ1) is 24.1. The molecule has 0 amide bonds. The predicted molar refractivity (Wildman–Crippen MR) is 125 cm³/mol. The summed E-state index contributed by atoms with van der Waals surface area (Å²) < 4.78 is 41.4. The highest BCUT2D eigenvalue weighted by Gasteiger charge is 2.40. The molecule has 0 saturated carbocycles. The fourth-order valence-electron chi connectivity index (χ4n) is 4.83. The normalized spacial score (nSPS) is 21.4. The van der Waals surface area contributed by atoms with E-state index in [0.717, 1.165) is 10.9 Å². The van der Waals surface area contributed by atoms with E-state index >= 15 is 0 Å². The summed E-state index contributed by atoms with van der Waals surface area (Å²) >= 11 is 0.